The molecule has 0 saturated carbocycles. The van der Waals surface area contributed by atoms with E-state index in [4.69, 9.17) is 22.9 Å². The van der Waals surface area contributed by atoms with E-state index in [9.17, 15) is 0 Å². The molecule has 1 atom stereocenters. The summed E-state index contributed by atoms with van der Waals surface area (Å²) in [5.74, 6) is 1.51. The third-order valence-corrected chi connectivity index (χ3v) is 3.61. The molecular formula is C14H20N4S. The first-order valence-corrected chi connectivity index (χ1v) is 6.93. The van der Waals surface area contributed by atoms with Crippen LogP contribution in [0.15, 0.2) is 12.3 Å². The predicted molar refractivity (Wildman–Crippen MR) is 82.3 cm³/mol. The Morgan fingerprint density at radius 2 is 2.11 bits per heavy atom. The summed E-state index contributed by atoms with van der Waals surface area (Å²) >= 11 is 5.07. The molecule has 1 unspecified atom stereocenters. The number of pyridine rings is 1. The van der Waals surface area contributed by atoms with Crippen molar-refractivity contribution in [1.82, 2.24) is 14.5 Å². The van der Waals surface area contributed by atoms with Gasteiger partial charge in [0.1, 0.15) is 11.3 Å². The molecular weight excluding hydrogens is 256 g/mol. The molecule has 0 aliphatic rings. The molecule has 2 N–H and O–H groups in total. The van der Waals surface area contributed by atoms with Gasteiger partial charge in [0.15, 0.2) is 5.65 Å². The molecule has 0 fully saturated rings. The zero-order chi connectivity index (χ0) is 14.2. The number of rotatable bonds is 4. The Labute approximate surface area is 119 Å². The SMILES string of the molecule is Cc1cnc2c(c1)nc(C(C)C)n2CC(C)C(N)=S. The maximum atomic E-state index is 5.72. The number of aromatic nitrogens is 3. The molecule has 2 rings (SSSR count). The molecule has 2 aromatic rings. The average Bonchev–Trinajstić information content (AvgIpc) is 2.67. The van der Waals surface area contributed by atoms with E-state index in [1.165, 1.54) is 0 Å². The zero-order valence-electron chi connectivity index (χ0n) is 11.8. The van der Waals surface area contributed by atoms with Crippen LogP contribution in [0.5, 0.6) is 0 Å². The minimum absolute atomic E-state index is 0.132. The second-order valence-corrected chi connectivity index (χ2v) is 5.87. The van der Waals surface area contributed by atoms with E-state index < -0.39 is 0 Å². The van der Waals surface area contributed by atoms with Crippen LogP contribution in [-0.2, 0) is 6.54 Å². The van der Waals surface area contributed by atoms with Crippen LogP contribution in [0, 0.1) is 12.8 Å². The standard InChI is InChI=1S/C14H20N4S/c1-8(2)13-17-11-5-9(3)6-16-14(11)18(13)7-10(4)12(15)19/h5-6,8,10H,7H2,1-4H3,(H2,15,19). The molecule has 0 amide bonds. The molecule has 102 valence electrons. The Morgan fingerprint density at radius 3 is 2.68 bits per heavy atom. The fraction of sp³-hybridized carbons (Fsp3) is 0.500. The number of nitrogens with two attached hydrogens (primary N) is 1. The molecule has 19 heavy (non-hydrogen) atoms. The van der Waals surface area contributed by atoms with E-state index in [1.54, 1.807) is 0 Å². The molecule has 0 bridgehead atoms. The number of hydrogen-bond acceptors (Lipinski definition) is 3. The van der Waals surface area contributed by atoms with E-state index in [2.05, 4.69) is 29.5 Å². The summed E-state index contributed by atoms with van der Waals surface area (Å²) in [6.07, 6.45) is 1.87. The third kappa shape index (κ3) is 2.76. The van der Waals surface area contributed by atoms with Crippen LogP contribution in [0.25, 0.3) is 11.2 Å². The van der Waals surface area contributed by atoms with Crippen LogP contribution in [0.3, 0.4) is 0 Å². The van der Waals surface area contributed by atoms with Gasteiger partial charge in [0.05, 0.1) is 4.99 Å². The number of fused-ring (bicyclic) bond motifs is 1. The average molecular weight is 276 g/mol. The third-order valence-electron chi connectivity index (χ3n) is 3.21. The van der Waals surface area contributed by atoms with Crippen molar-refractivity contribution in [2.75, 3.05) is 0 Å². The Bertz CT molecular complexity index is 615. The van der Waals surface area contributed by atoms with Crippen LogP contribution in [0.2, 0.25) is 0 Å². The van der Waals surface area contributed by atoms with Gasteiger partial charge in [-0.3, -0.25) is 0 Å². The van der Waals surface area contributed by atoms with E-state index >= 15 is 0 Å². The highest BCUT2D eigenvalue weighted by Crippen LogP contribution is 2.22. The highest BCUT2D eigenvalue weighted by atomic mass is 32.1. The normalized spacial score (nSPS) is 13.1. The summed E-state index contributed by atoms with van der Waals surface area (Å²) < 4.78 is 2.14. The lowest BCUT2D eigenvalue weighted by Crippen LogP contribution is -2.24. The smallest absolute Gasteiger partial charge is 0.160 e. The van der Waals surface area contributed by atoms with Gasteiger partial charge in [0, 0.05) is 24.6 Å². The van der Waals surface area contributed by atoms with Gasteiger partial charge >= 0.3 is 0 Å². The molecule has 0 aromatic carbocycles. The molecule has 0 aliphatic carbocycles. The quantitative estimate of drug-likeness (QED) is 0.872. The molecule has 0 aliphatic heterocycles. The molecule has 5 heteroatoms. The monoisotopic (exact) mass is 276 g/mol. The summed E-state index contributed by atoms with van der Waals surface area (Å²) in [7, 11) is 0. The van der Waals surface area contributed by atoms with Crippen molar-refractivity contribution in [3.63, 3.8) is 0 Å². The minimum atomic E-state index is 0.132. The van der Waals surface area contributed by atoms with Crippen molar-refractivity contribution >= 4 is 28.4 Å². The van der Waals surface area contributed by atoms with E-state index in [0.717, 1.165) is 29.1 Å². The van der Waals surface area contributed by atoms with Crippen LogP contribution < -0.4 is 5.73 Å². The van der Waals surface area contributed by atoms with Crippen LogP contribution in [0.1, 0.15) is 38.1 Å². The summed E-state index contributed by atoms with van der Waals surface area (Å²) in [4.78, 5) is 9.75. The summed E-state index contributed by atoms with van der Waals surface area (Å²) in [6.45, 7) is 9.06. The zero-order valence-corrected chi connectivity index (χ0v) is 12.7. The summed E-state index contributed by atoms with van der Waals surface area (Å²) in [6, 6.07) is 2.07. The Hall–Kier alpha value is -1.49. The van der Waals surface area contributed by atoms with Gasteiger partial charge in [0.25, 0.3) is 0 Å². The van der Waals surface area contributed by atoms with Gasteiger partial charge in [-0.1, -0.05) is 33.0 Å². The Balaban J connectivity index is 2.55. The van der Waals surface area contributed by atoms with Gasteiger partial charge in [-0.2, -0.15) is 0 Å². The maximum absolute atomic E-state index is 5.72. The topological polar surface area (TPSA) is 56.7 Å². The first-order valence-electron chi connectivity index (χ1n) is 6.52. The second-order valence-electron chi connectivity index (χ2n) is 5.39. The van der Waals surface area contributed by atoms with Crippen LogP contribution >= 0.6 is 12.2 Å². The number of imidazole rings is 1. The lowest BCUT2D eigenvalue weighted by molar-refractivity contribution is 0.566. The van der Waals surface area contributed by atoms with Gasteiger partial charge in [0.2, 0.25) is 0 Å². The van der Waals surface area contributed by atoms with Crippen LogP contribution in [0.4, 0.5) is 0 Å². The second kappa shape index (κ2) is 5.25. The van der Waals surface area contributed by atoms with E-state index in [0.29, 0.717) is 10.9 Å². The van der Waals surface area contributed by atoms with Gasteiger partial charge in [-0.15, -0.1) is 0 Å². The van der Waals surface area contributed by atoms with Crippen molar-refractivity contribution in [2.45, 2.75) is 40.2 Å². The first kappa shape index (κ1) is 13.9. The van der Waals surface area contributed by atoms with Crippen LogP contribution in [-0.4, -0.2) is 19.5 Å². The lowest BCUT2D eigenvalue weighted by Gasteiger charge is -2.15. The van der Waals surface area contributed by atoms with Crippen molar-refractivity contribution < 1.29 is 0 Å². The molecule has 0 radical (unpaired) electrons. The molecule has 0 spiro atoms. The summed E-state index contributed by atoms with van der Waals surface area (Å²) in [5.41, 5.74) is 8.70. The number of thiocarbonyl (C=S) groups is 1. The van der Waals surface area contributed by atoms with Crippen molar-refractivity contribution in [2.24, 2.45) is 11.7 Å². The van der Waals surface area contributed by atoms with Crippen molar-refractivity contribution in [3.05, 3.63) is 23.7 Å². The lowest BCUT2D eigenvalue weighted by atomic mass is 10.1. The molecule has 2 heterocycles. The Morgan fingerprint density at radius 1 is 1.42 bits per heavy atom. The number of aryl methyl sites for hydroxylation is 1. The minimum Gasteiger partial charge on any atom is -0.393 e. The Kier molecular flexibility index (Phi) is 3.85. The highest BCUT2D eigenvalue weighted by Gasteiger charge is 2.17. The fourth-order valence-electron chi connectivity index (χ4n) is 2.11. The fourth-order valence-corrected chi connectivity index (χ4v) is 2.19. The van der Waals surface area contributed by atoms with Crippen molar-refractivity contribution in [1.29, 1.82) is 0 Å². The summed E-state index contributed by atoms with van der Waals surface area (Å²) in [5, 5.41) is 0. The largest absolute Gasteiger partial charge is 0.393 e. The first-order chi connectivity index (χ1) is 8.90. The molecule has 2 aromatic heterocycles. The van der Waals surface area contributed by atoms with E-state index in [-0.39, 0.29) is 5.92 Å². The van der Waals surface area contributed by atoms with Crippen molar-refractivity contribution in [3.8, 4) is 0 Å². The maximum Gasteiger partial charge on any atom is 0.160 e. The molecule has 4 nitrogen and oxygen atoms in total. The predicted octanol–water partition coefficient (Wildman–Crippen LogP) is 2.79. The number of nitrogens with zero attached hydrogens (tertiary/aromatic N) is 3. The number of hydrogen-bond donors (Lipinski definition) is 1. The molecule has 0 saturated heterocycles. The van der Waals surface area contributed by atoms with Gasteiger partial charge < -0.3 is 10.3 Å². The van der Waals surface area contributed by atoms with Gasteiger partial charge in [-0.05, 0) is 18.6 Å². The van der Waals surface area contributed by atoms with E-state index in [1.807, 2.05) is 20.0 Å². The highest BCUT2D eigenvalue weighted by molar-refractivity contribution is 7.80. The van der Waals surface area contributed by atoms with Gasteiger partial charge in [-0.25, -0.2) is 9.97 Å².